The molecule has 0 radical (unpaired) electrons. The maximum Gasteiger partial charge on any atom is 0.227 e. The van der Waals surface area contributed by atoms with Crippen molar-refractivity contribution in [3.05, 3.63) is 48.0 Å². The number of fused-ring (bicyclic) bond motifs is 1. The summed E-state index contributed by atoms with van der Waals surface area (Å²) in [4.78, 5) is 26.8. The van der Waals surface area contributed by atoms with Crippen molar-refractivity contribution in [2.24, 2.45) is 5.92 Å². The number of nitrogens with two attached hydrogens (primary N) is 1. The number of likely N-dealkylation sites (tertiary alicyclic amines) is 1. The first-order valence-electron chi connectivity index (χ1n) is 13.2. The number of aromatic nitrogens is 2. The lowest BCUT2D eigenvalue weighted by Gasteiger charge is -2.44. The van der Waals surface area contributed by atoms with Crippen LogP contribution >= 0.6 is 0 Å². The fourth-order valence-electron chi connectivity index (χ4n) is 6.08. The third-order valence-corrected chi connectivity index (χ3v) is 8.22. The van der Waals surface area contributed by atoms with Gasteiger partial charge >= 0.3 is 0 Å². The van der Waals surface area contributed by atoms with Crippen LogP contribution in [-0.2, 0) is 10.2 Å². The highest BCUT2D eigenvalue weighted by Gasteiger charge is 2.40. The fraction of sp³-hybridized carbons (Fsp3) is 0.483. The lowest BCUT2D eigenvalue weighted by Crippen LogP contribution is -2.51. The van der Waals surface area contributed by atoms with Gasteiger partial charge in [0.05, 0.1) is 19.7 Å². The van der Waals surface area contributed by atoms with Gasteiger partial charge in [-0.15, -0.1) is 0 Å². The van der Waals surface area contributed by atoms with Crippen LogP contribution in [0.15, 0.2) is 42.5 Å². The lowest BCUT2D eigenvalue weighted by molar-refractivity contribution is -0.137. The molecule has 1 saturated carbocycles. The molecule has 0 bridgehead atoms. The molecule has 3 aromatic rings. The summed E-state index contributed by atoms with van der Waals surface area (Å²) in [6.07, 6.45) is 6.23. The average Bonchev–Trinajstić information content (AvgIpc) is 3.48. The molecule has 2 aliphatic rings. The second-order valence-corrected chi connectivity index (χ2v) is 10.4. The van der Waals surface area contributed by atoms with E-state index in [1.807, 2.05) is 19.2 Å². The van der Waals surface area contributed by atoms with Gasteiger partial charge in [-0.05, 0) is 37.3 Å². The fourth-order valence-corrected chi connectivity index (χ4v) is 6.08. The second kappa shape index (κ2) is 10.4. The van der Waals surface area contributed by atoms with Crippen molar-refractivity contribution >= 4 is 28.6 Å². The number of carbonyl (C=O) groups is 1. The van der Waals surface area contributed by atoms with Crippen LogP contribution in [0.25, 0.3) is 10.9 Å². The van der Waals surface area contributed by atoms with E-state index in [2.05, 4.69) is 45.1 Å². The molecule has 2 N–H and O–H groups in total. The highest BCUT2D eigenvalue weighted by atomic mass is 16.5. The summed E-state index contributed by atoms with van der Waals surface area (Å²) in [5, 5.41) is 0.728. The largest absolute Gasteiger partial charge is 0.493 e. The number of hydrogen-bond donors (Lipinski definition) is 1. The number of carbonyl (C=O) groups excluding carboxylic acids is 1. The quantitative estimate of drug-likeness (QED) is 0.510. The van der Waals surface area contributed by atoms with Gasteiger partial charge in [0.1, 0.15) is 5.82 Å². The number of rotatable bonds is 7. The Bertz CT molecular complexity index is 1250. The van der Waals surface area contributed by atoms with E-state index in [1.165, 1.54) is 18.4 Å². The normalized spacial score (nSPS) is 17.6. The first kappa shape index (κ1) is 25.1. The van der Waals surface area contributed by atoms with Crippen molar-refractivity contribution < 1.29 is 14.3 Å². The zero-order valence-electron chi connectivity index (χ0n) is 22.1. The van der Waals surface area contributed by atoms with Gasteiger partial charge in [-0.3, -0.25) is 4.79 Å². The van der Waals surface area contributed by atoms with E-state index in [9.17, 15) is 4.79 Å². The summed E-state index contributed by atoms with van der Waals surface area (Å²) in [6, 6.07) is 14.3. The van der Waals surface area contributed by atoms with Crippen LogP contribution in [0.4, 0.5) is 11.8 Å². The second-order valence-electron chi connectivity index (χ2n) is 10.4. The predicted molar refractivity (Wildman–Crippen MR) is 146 cm³/mol. The zero-order chi connectivity index (χ0) is 26.0. The van der Waals surface area contributed by atoms with E-state index in [4.69, 9.17) is 20.2 Å². The number of anilines is 2. The van der Waals surface area contributed by atoms with Crippen LogP contribution < -0.4 is 20.1 Å². The van der Waals surface area contributed by atoms with Crippen molar-refractivity contribution in [1.29, 1.82) is 0 Å². The maximum atomic E-state index is 13.1. The molecule has 196 valence electrons. The summed E-state index contributed by atoms with van der Waals surface area (Å²) < 4.78 is 10.9. The molecular weight excluding hydrogens is 466 g/mol. The number of amides is 1. The molecule has 2 aromatic carbocycles. The number of likely N-dealkylation sites (N-methyl/N-ethyl adjacent to an activating group) is 1. The molecule has 1 amide bonds. The minimum atomic E-state index is -0.118. The molecule has 0 atom stereocenters. The molecule has 1 aliphatic carbocycles. The number of methoxy groups -OCH3 is 2. The van der Waals surface area contributed by atoms with E-state index >= 15 is 0 Å². The lowest BCUT2D eigenvalue weighted by atomic mass is 9.72. The van der Waals surface area contributed by atoms with Crippen molar-refractivity contribution in [3.8, 4) is 11.5 Å². The van der Waals surface area contributed by atoms with E-state index in [-0.39, 0.29) is 11.3 Å². The SMILES string of the molecule is COc1cc2nc(N(C)CC3(c4ccccc4)CCN(C(=O)C4CCCC4)CC3)nc(N)c2cc1OC. The Hall–Kier alpha value is -3.55. The number of nitrogen functional groups attached to an aromatic ring is 1. The van der Waals surface area contributed by atoms with Gasteiger partial charge in [0.25, 0.3) is 0 Å². The molecule has 8 nitrogen and oxygen atoms in total. The van der Waals surface area contributed by atoms with E-state index in [0.717, 1.165) is 50.7 Å². The number of nitrogens with zero attached hydrogens (tertiary/aromatic N) is 4. The Morgan fingerprint density at radius 2 is 1.70 bits per heavy atom. The Morgan fingerprint density at radius 1 is 1.05 bits per heavy atom. The monoisotopic (exact) mass is 503 g/mol. The Labute approximate surface area is 218 Å². The van der Waals surface area contributed by atoms with Gasteiger partial charge in [-0.2, -0.15) is 4.98 Å². The molecule has 0 spiro atoms. The van der Waals surface area contributed by atoms with E-state index in [1.54, 1.807) is 14.2 Å². The molecule has 8 heteroatoms. The topological polar surface area (TPSA) is 93.8 Å². The van der Waals surface area contributed by atoms with Gasteiger partial charge in [0.2, 0.25) is 11.9 Å². The molecule has 1 aliphatic heterocycles. The van der Waals surface area contributed by atoms with Crippen LogP contribution in [0.2, 0.25) is 0 Å². The molecule has 5 rings (SSSR count). The van der Waals surface area contributed by atoms with Crippen LogP contribution in [0.5, 0.6) is 11.5 Å². The summed E-state index contributed by atoms with van der Waals surface area (Å²) in [6.45, 7) is 2.27. The smallest absolute Gasteiger partial charge is 0.227 e. The summed E-state index contributed by atoms with van der Waals surface area (Å²) in [7, 11) is 5.22. The van der Waals surface area contributed by atoms with Crippen LogP contribution in [0, 0.1) is 5.92 Å². The summed E-state index contributed by atoms with van der Waals surface area (Å²) >= 11 is 0. The molecule has 1 aromatic heterocycles. The summed E-state index contributed by atoms with van der Waals surface area (Å²) in [5.41, 5.74) is 8.26. The average molecular weight is 504 g/mol. The number of piperidine rings is 1. The molecule has 1 saturated heterocycles. The Morgan fingerprint density at radius 3 is 2.35 bits per heavy atom. The van der Waals surface area contributed by atoms with Crippen LogP contribution in [0.3, 0.4) is 0 Å². The minimum absolute atomic E-state index is 0.118. The maximum absolute atomic E-state index is 13.1. The molecule has 2 heterocycles. The number of hydrogen-bond acceptors (Lipinski definition) is 7. The Balaban J connectivity index is 1.42. The molecule has 2 fully saturated rings. The molecule has 37 heavy (non-hydrogen) atoms. The number of benzene rings is 2. The van der Waals surface area contributed by atoms with Gasteiger partial charge in [-0.1, -0.05) is 43.2 Å². The standard InChI is InChI=1S/C29H37N5O3/c1-33(28-31-23-18-25(37-3)24(36-2)17-22(23)26(30)32-28)19-29(21-11-5-4-6-12-21)13-15-34(16-14-29)27(35)20-9-7-8-10-20/h4-6,11-12,17-18,20H,7-10,13-16,19H2,1-3H3,(H2,30,31,32). The third kappa shape index (κ3) is 4.89. The Kier molecular flexibility index (Phi) is 7.09. The van der Waals surface area contributed by atoms with E-state index in [0.29, 0.717) is 34.7 Å². The minimum Gasteiger partial charge on any atom is -0.493 e. The molecule has 0 unspecified atom stereocenters. The summed E-state index contributed by atoms with van der Waals surface area (Å²) in [5.74, 6) is 2.73. The van der Waals surface area contributed by atoms with Crippen molar-refractivity contribution in [1.82, 2.24) is 14.9 Å². The zero-order valence-corrected chi connectivity index (χ0v) is 22.1. The third-order valence-electron chi connectivity index (χ3n) is 8.22. The van der Waals surface area contributed by atoms with Gasteiger partial charge in [0.15, 0.2) is 11.5 Å². The van der Waals surface area contributed by atoms with Crippen molar-refractivity contribution in [2.75, 3.05) is 51.5 Å². The highest BCUT2D eigenvalue weighted by Crippen LogP contribution is 2.39. The number of ether oxygens (including phenoxy) is 2. The first-order valence-corrected chi connectivity index (χ1v) is 13.2. The van der Waals surface area contributed by atoms with Gasteiger partial charge in [-0.25, -0.2) is 4.98 Å². The predicted octanol–water partition coefficient (Wildman–Crippen LogP) is 4.42. The van der Waals surface area contributed by atoms with Gasteiger partial charge < -0.3 is 25.0 Å². The van der Waals surface area contributed by atoms with Crippen molar-refractivity contribution in [3.63, 3.8) is 0 Å². The van der Waals surface area contributed by atoms with Crippen LogP contribution in [0.1, 0.15) is 44.1 Å². The molecular formula is C29H37N5O3. The first-order chi connectivity index (χ1) is 17.9. The van der Waals surface area contributed by atoms with Crippen molar-refractivity contribution in [2.45, 2.75) is 43.9 Å². The van der Waals surface area contributed by atoms with Crippen LogP contribution in [-0.4, -0.2) is 61.7 Å². The highest BCUT2D eigenvalue weighted by molar-refractivity contribution is 5.91. The van der Waals surface area contributed by atoms with Gasteiger partial charge in [0, 0.05) is 49.5 Å². The van der Waals surface area contributed by atoms with E-state index < -0.39 is 0 Å².